The zero-order chi connectivity index (χ0) is 13.7. The maximum Gasteiger partial charge on any atom is 0.322 e. The topological polar surface area (TPSA) is 63.2 Å². The van der Waals surface area contributed by atoms with Crippen LogP contribution in [-0.4, -0.2) is 53.1 Å². The van der Waals surface area contributed by atoms with Crippen LogP contribution in [0, 0.1) is 0 Å². The molecule has 0 radical (unpaired) electrons. The number of ether oxygens (including phenoxy) is 1. The van der Waals surface area contributed by atoms with Gasteiger partial charge in [-0.2, -0.15) is 15.0 Å². The van der Waals surface area contributed by atoms with Crippen molar-refractivity contribution in [3.63, 3.8) is 0 Å². The summed E-state index contributed by atoms with van der Waals surface area (Å²) in [7, 11) is 3.67. The van der Waals surface area contributed by atoms with Crippen molar-refractivity contribution in [3.8, 4) is 6.01 Å². The zero-order valence-corrected chi connectivity index (χ0v) is 12.2. The van der Waals surface area contributed by atoms with Crippen LogP contribution in [0.15, 0.2) is 0 Å². The minimum atomic E-state index is 0.137. The fourth-order valence-electron chi connectivity index (χ4n) is 2.37. The molecule has 0 spiro atoms. The predicted molar refractivity (Wildman–Crippen MR) is 74.8 cm³/mol. The number of methoxy groups -OCH3 is 1. The van der Waals surface area contributed by atoms with Crippen LogP contribution in [0.25, 0.3) is 0 Å². The molecule has 1 heterocycles. The molecule has 0 aliphatic heterocycles. The van der Waals surface area contributed by atoms with E-state index in [0.717, 1.165) is 19.1 Å². The highest BCUT2D eigenvalue weighted by atomic mass is 35.5. The molecule has 1 N–H and O–H groups in total. The lowest BCUT2D eigenvalue weighted by Gasteiger charge is -2.23. The van der Waals surface area contributed by atoms with Gasteiger partial charge in [0.15, 0.2) is 0 Å². The van der Waals surface area contributed by atoms with E-state index in [1.807, 2.05) is 0 Å². The second kappa shape index (κ2) is 6.86. The first-order chi connectivity index (χ1) is 9.19. The van der Waals surface area contributed by atoms with Gasteiger partial charge in [-0.25, -0.2) is 0 Å². The molecule has 1 aliphatic carbocycles. The lowest BCUT2D eigenvalue weighted by atomic mass is 10.2. The normalized spacial score (nSPS) is 16.0. The molecule has 0 unspecified atom stereocenters. The number of nitrogens with zero attached hydrogens (tertiary/aromatic N) is 4. The molecule has 1 aliphatic rings. The zero-order valence-electron chi connectivity index (χ0n) is 11.4. The smallest absolute Gasteiger partial charge is 0.322 e. The van der Waals surface area contributed by atoms with Gasteiger partial charge in [0.25, 0.3) is 0 Å². The molecular formula is C12H20ClN5O. The summed E-state index contributed by atoms with van der Waals surface area (Å²) in [6, 6.07) is 0.949. The Bertz CT molecular complexity index is 411. The molecule has 1 aromatic heterocycles. The second-order valence-electron chi connectivity index (χ2n) is 4.76. The fourth-order valence-corrected chi connectivity index (χ4v) is 2.53. The summed E-state index contributed by atoms with van der Waals surface area (Å²) in [4.78, 5) is 14.3. The number of hydrogen-bond acceptors (Lipinski definition) is 6. The van der Waals surface area contributed by atoms with Crippen LogP contribution in [0.3, 0.4) is 0 Å². The summed E-state index contributed by atoms with van der Waals surface area (Å²) in [5.41, 5.74) is 0. The first-order valence-corrected chi connectivity index (χ1v) is 6.96. The van der Waals surface area contributed by atoms with Crippen molar-refractivity contribution in [1.82, 2.24) is 19.9 Å². The standard InChI is InChI=1S/C12H20ClN5O/c1-18(9-5-3-4-6-9)8-7-14-11-15-10(13)16-12(17-11)19-2/h9H,3-8H2,1-2H3,(H,14,15,16,17). The van der Waals surface area contributed by atoms with Crippen LogP contribution in [0.4, 0.5) is 5.95 Å². The molecule has 106 valence electrons. The summed E-state index contributed by atoms with van der Waals surface area (Å²) in [5.74, 6) is 0.455. The van der Waals surface area contributed by atoms with Crippen molar-refractivity contribution in [2.24, 2.45) is 0 Å². The predicted octanol–water partition coefficient (Wildman–Crippen LogP) is 1.82. The van der Waals surface area contributed by atoms with Gasteiger partial charge in [0, 0.05) is 19.1 Å². The van der Waals surface area contributed by atoms with Crippen molar-refractivity contribution in [1.29, 1.82) is 0 Å². The quantitative estimate of drug-likeness (QED) is 0.860. The number of rotatable bonds is 6. The van der Waals surface area contributed by atoms with Gasteiger partial charge in [-0.3, -0.25) is 0 Å². The van der Waals surface area contributed by atoms with E-state index < -0.39 is 0 Å². The minimum absolute atomic E-state index is 0.137. The van der Waals surface area contributed by atoms with Gasteiger partial charge >= 0.3 is 6.01 Å². The Morgan fingerprint density at radius 2 is 2.05 bits per heavy atom. The van der Waals surface area contributed by atoms with E-state index >= 15 is 0 Å². The lowest BCUT2D eigenvalue weighted by molar-refractivity contribution is 0.254. The van der Waals surface area contributed by atoms with E-state index in [0.29, 0.717) is 5.95 Å². The van der Waals surface area contributed by atoms with Gasteiger partial charge < -0.3 is 15.0 Å². The summed E-state index contributed by atoms with van der Waals surface area (Å²) in [5, 5.41) is 3.28. The Labute approximate surface area is 118 Å². The molecule has 0 saturated heterocycles. The summed E-state index contributed by atoms with van der Waals surface area (Å²) >= 11 is 5.78. The van der Waals surface area contributed by atoms with E-state index in [2.05, 4.69) is 32.2 Å². The summed E-state index contributed by atoms with van der Waals surface area (Å²) < 4.78 is 4.95. The van der Waals surface area contributed by atoms with Crippen LogP contribution < -0.4 is 10.1 Å². The number of likely N-dealkylation sites (N-methyl/N-ethyl adjacent to an activating group) is 1. The number of anilines is 1. The Hall–Kier alpha value is -1.14. The number of nitrogens with one attached hydrogen (secondary N) is 1. The molecule has 0 atom stereocenters. The molecule has 7 heteroatoms. The number of halogens is 1. The van der Waals surface area contributed by atoms with E-state index in [1.54, 1.807) is 0 Å². The molecule has 1 fully saturated rings. The van der Waals surface area contributed by atoms with E-state index in [9.17, 15) is 0 Å². The largest absolute Gasteiger partial charge is 0.467 e. The van der Waals surface area contributed by atoms with Gasteiger partial charge in [0.1, 0.15) is 0 Å². The van der Waals surface area contributed by atoms with Crippen LogP contribution >= 0.6 is 11.6 Å². The van der Waals surface area contributed by atoms with Crippen molar-refractivity contribution >= 4 is 17.5 Å². The monoisotopic (exact) mass is 285 g/mol. The van der Waals surface area contributed by atoms with Crippen molar-refractivity contribution in [2.75, 3.05) is 32.6 Å². The molecule has 2 rings (SSSR count). The fraction of sp³-hybridized carbons (Fsp3) is 0.750. The summed E-state index contributed by atoms with van der Waals surface area (Å²) in [6.45, 7) is 1.73. The molecule has 0 bridgehead atoms. The van der Waals surface area contributed by atoms with E-state index in [4.69, 9.17) is 16.3 Å². The van der Waals surface area contributed by atoms with E-state index in [1.165, 1.54) is 32.8 Å². The lowest BCUT2D eigenvalue weighted by Crippen LogP contribution is -2.33. The van der Waals surface area contributed by atoms with E-state index in [-0.39, 0.29) is 11.3 Å². The average Bonchev–Trinajstić information content (AvgIpc) is 2.92. The van der Waals surface area contributed by atoms with Crippen LogP contribution in [0.1, 0.15) is 25.7 Å². The van der Waals surface area contributed by atoms with Crippen molar-refractivity contribution in [3.05, 3.63) is 5.28 Å². The Balaban J connectivity index is 1.80. The highest BCUT2D eigenvalue weighted by Crippen LogP contribution is 2.21. The Kier molecular flexibility index (Phi) is 5.15. The third kappa shape index (κ3) is 4.18. The third-order valence-electron chi connectivity index (χ3n) is 3.47. The van der Waals surface area contributed by atoms with Gasteiger partial charge in [0.2, 0.25) is 11.2 Å². The Morgan fingerprint density at radius 3 is 2.74 bits per heavy atom. The minimum Gasteiger partial charge on any atom is -0.467 e. The number of aromatic nitrogens is 3. The third-order valence-corrected chi connectivity index (χ3v) is 3.63. The van der Waals surface area contributed by atoms with Gasteiger partial charge in [0.05, 0.1) is 7.11 Å². The van der Waals surface area contributed by atoms with Crippen molar-refractivity contribution < 1.29 is 4.74 Å². The molecule has 19 heavy (non-hydrogen) atoms. The maximum absolute atomic E-state index is 5.78. The molecule has 0 aromatic carbocycles. The first kappa shape index (κ1) is 14.3. The van der Waals surface area contributed by atoms with Crippen LogP contribution in [0.5, 0.6) is 6.01 Å². The SMILES string of the molecule is COc1nc(Cl)nc(NCCN(C)C2CCCC2)n1. The van der Waals surface area contributed by atoms with Crippen LogP contribution in [0.2, 0.25) is 5.28 Å². The summed E-state index contributed by atoms with van der Waals surface area (Å²) in [6.07, 6.45) is 5.31. The maximum atomic E-state index is 5.78. The van der Waals surface area contributed by atoms with Crippen LogP contribution in [-0.2, 0) is 0 Å². The highest BCUT2D eigenvalue weighted by Gasteiger charge is 2.18. The van der Waals surface area contributed by atoms with Crippen molar-refractivity contribution in [2.45, 2.75) is 31.7 Å². The average molecular weight is 286 g/mol. The molecule has 6 nitrogen and oxygen atoms in total. The first-order valence-electron chi connectivity index (χ1n) is 6.58. The van der Waals surface area contributed by atoms with Gasteiger partial charge in [-0.05, 0) is 31.5 Å². The molecule has 1 saturated carbocycles. The highest BCUT2D eigenvalue weighted by molar-refractivity contribution is 6.28. The number of hydrogen-bond donors (Lipinski definition) is 1. The van der Waals surface area contributed by atoms with Gasteiger partial charge in [-0.15, -0.1) is 0 Å². The molecular weight excluding hydrogens is 266 g/mol. The second-order valence-corrected chi connectivity index (χ2v) is 5.10. The molecule has 1 aromatic rings. The van der Waals surface area contributed by atoms with Gasteiger partial charge in [-0.1, -0.05) is 12.8 Å². The Morgan fingerprint density at radius 1 is 1.32 bits per heavy atom. The molecule has 0 amide bonds.